The molecule has 226 valence electrons. The summed E-state index contributed by atoms with van der Waals surface area (Å²) in [5.41, 5.74) is 0. The topological polar surface area (TPSA) is 161 Å². The fraction of sp³-hybridized carbons (Fsp3) is 0.909. The van der Waals surface area contributed by atoms with E-state index in [0.717, 1.165) is 0 Å². The number of hydrogen-bond acceptors (Lipinski definition) is 10. The van der Waals surface area contributed by atoms with Crippen LogP contribution in [-0.2, 0) is 39.3 Å². The third-order valence-corrected chi connectivity index (χ3v) is 9.55. The molecule has 0 atom stereocenters. The van der Waals surface area contributed by atoms with Crippen LogP contribution in [0.3, 0.4) is 0 Å². The molecular weight excluding hydrogens is 581 g/mol. The summed E-state index contributed by atoms with van der Waals surface area (Å²) in [5, 5.41) is 0. The smallest absolute Gasteiger partial charge is 0.306 e. The van der Waals surface area contributed by atoms with Crippen molar-refractivity contribution >= 4 is 53.8 Å². The first-order chi connectivity index (χ1) is 17.4. The largest absolute Gasteiger partial charge is 0.465 e. The Bertz CT molecular complexity index is 835. The van der Waals surface area contributed by atoms with E-state index in [1.165, 1.54) is 21.6 Å². The summed E-state index contributed by atoms with van der Waals surface area (Å²) < 4.78 is 72.4. The predicted molar refractivity (Wildman–Crippen MR) is 151 cm³/mol. The first kappa shape index (κ1) is 37.4. The van der Waals surface area contributed by atoms with Crippen LogP contribution in [0.1, 0.15) is 38.5 Å². The molecule has 0 aromatic rings. The van der Waals surface area contributed by atoms with Crippen molar-refractivity contribution in [1.29, 1.82) is 0 Å². The molecule has 0 radical (unpaired) electrons. The Kier molecular flexibility index (Phi) is 18.4. The first-order valence-electron chi connectivity index (χ1n) is 12.5. The van der Waals surface area contributed by atoms with Gasteiger partial charge in [-0.25, -0.2) is 0 Å². The van der Waals surface area contributed by atoms with Gasteiger partial charge in [0.05, 0.1) is 91.9 Å². The van der Waals surface area contributed by atoms with Crippen LogP contribution in [0, 0.1) is 0 Å². The zero-order valence-corrected chi connectivity index (χ0v) is 26.3. The molecule has 0 amide bonds. The minimum atomic E-state index is -3.94. The van der Waals surface area contributed by atoms with E-state index < -0.39 is 20.2 Å². The minimum absolute atomic E-state index is 0.260. The van der Waals surface area contributed by atoms with Gasteiger partial charge in [-0.3, -0.25) is 18.7 Å². The van der Waals surface area contributed by atoms with E-state index in [1.54, 1.807) is 0 Å². The summed E-state index contributed by atoms with van der Waals surface area (Å²) in [6, 6.07) is 0. The van der Waals surface area contributed by atoms with Gasteiger partial charge in [0.25, 0.3) is 20.2 Å². The van der Waals surface area contributed by atoms with E-state index in [9.17, 15) is 26.4 Å². The SMILES string of the molecule is C[N+](C)(CCCOC(=O)CCSSCCC(=O)OCCC[N+](C)(C)CCCS(=O)(=O)O)CCCS(=O)(=O)O. The van der Waals surface area contributed by atoms with Crippen LogP contribution in [0.15, 0.2) is 0 Å². The maximum absolute atomic E-state index is 11.9. The van der Waals surface area contributed by atoms with E-state index in [-0.39, 0.29) is 36.3 Å². The molecule has 0 unspecified atom stereocenters. The van der Waals surface area contributed by atoms with Crippen LogP contribution in [0.2, 0.25) is 0 Å². The number of ether oxygens (including phenoxy) is 2. The van der Waals surface area contributed by atoms with E-state index in [1.807, 2.05) is 28.2 Å². The second-order valence-corrected chi connectivity index (χ2v) is 16.2. The zero-order valence-electron chi connectivity index (χ0n) is 23.0. The normalized spacial score (nSPS) is 12.9. The van der Waals surface area contributed by atoms with Crippen LogP contribution in [0.4, 0.5) is 0 Å². The molecule has 0 fully saturated rings. The molecular formula is C22H46N2O10S4+2. The summed E-state index contributed by atoms with van der Waals surface area (Å²) in [6.45, 7) is 3.20. The summed E-state index contributed by atoms with van der Waals surface area (Å²) in [4.78, 5) is 23.7. The van der Waals surface area contributed by atoms with Gasteiger partial charge in [-0.05, 0) is 0 Å². The Labute approximate surface area is 236 Å². The lowest BCUT2D eigenvalue weighted by atomic mass is 10.3. The number of esters is 2. The molecule has 0 heterocycles. The van der Waals surface area contributed by atoms with Crippen molar-refractivity contribution in [2.24, 2.45) is 0 Å². The minimum Gasteiger partial charge on any atom is -0.465 e. The predicted octanol–water partition coefficient (Wildman–Crippen LogP) is 1.72. The van der Waals surface area contributed by atoms with E-state index in [2.05, 4.69) is 0 Å². The summed E-state index contributed by atoms with van der Waals surface area (Å²) in [5.74, 6) is 0.0526. The Morgan fingerprint density at radius 2 is 0.947 bits per heavy atom. The summed E-state index contributed by atoms with van der Waals surface area (Å²) in [7, 11) is 2.91. The standard InChI is InChI=1S/C22H44N2O10S4/c1-23(2,13-7-19-37(27,28)29)11-5-15-33-21(25)9-17-35-36-18-10-22(26)34-16-6-12-24(3,4)14-8-20-38(30,31)32/h5-20H2,1-4H3/p+2. The fourth-order valence-corrected chi connectivity index (χ4v) is 6.37. The maximum Gasteiger partial charge on any atom is 0.306 e. The van der Waals surface area contributed by atoms with E-state index >= 15 is 0 Å². The van der Waals surface area contributed by atoms with Gasteiger partial charge >= 0.3 is 11.9 Å². The lowest BCUT2D eigenvalue weighted by molar-refractivity contribution is -0.890. The van der Waals surface area contributed by atoms with Gasteiger partial charge in [-0.1, -0.05) is 21.6 Å². The van der Waals surface area contributed by atoms with Crippen molar-refractivity contribution in [3.8, 4) is 0 Å². The van der Waals surface area contributed by atoms with E-state index in [4.69, 9.17) is 18.6 Å². The monoisotopic (exact) mass is 626 g/mol. The fourth-order valence-electron chi connectivity index (χ4n) is 3.44. The maximum atomic E-state index is 11.9. The Morgan fingerprint density at radius 3 is 1.26 bits per heavy atom. The second kappa shape index (κ2) is 18.7. The van der Waals surface area contributed by atoms with Gasteiger partial charge < -0.3 is 18.4 Å². The van der Waals surface area contributed by atoms with E-state index in [0.29, 0.717) is 85.5 Å². The Hall–Kier alpha value is -0.620. The highest BCUT2D eigenvalue weighted by atomic mass is 33.1. The third kappa shape index (κ3) is 25.6. The van der Waals surface area contributed by atoms with Crippen molar-refractivity contribution in [3.63, 3.8) is 0 Å². The van der Waals surface area contributed by atoms with Gasteiger partial charge in [0.1, 0.15) is 0 Å². The average molecular weight is 627 g/mol. The molecule has 0 rings (SSSR count). The number of carbonyl (C=O) groups excluding carboxylic acids is 2. The van der Waals surface area contributed by atoms with Gasteiger partial charge in [0, 0.05) is 37.2 Å². The quantitative estimate of drug-likeness (QED) is 0.0556. The summed E-state index contributed by atoms with van der Waals surface area (Å²) in [6.07, 6.45) is 2.57. The highest BCUT2D eigenvalue weighted by Gasteiger charge is 2.18. The molecule has 0 saturated carbocycles. The number of quaternary nitrogens is 2. The molecule has 0 aliphatic rings. The molecule has 0 spiro atoms. The molecule has 0 aliphatic carbocycles. The Balaban J connectivity index is 3.73. The molecule has 0 bridgehead atoms. The number of rotatable bonds is 23. The van der Waals surface area contributed by atoms with Crippen LogP contribution >= 0.6 is 21.6 Å². The molecule has 16 heteroatoms. The van der Waals surface area contributed by atoms with Crippen molar-refractivity contribution in [2.45, 2.75) is 38.5 Å². The van der Waals surface area contributed by atoms with Crippen LogP contribution < -0.4 is 0 Å². The van der Waals surface area contributed by atoms with Crippen LogP contribution in [0.5, 0.6) is 0 Å². The molecule has 0 aromatic carbocycles. The number of carbonyl (C=O) groups is 2. The Morgan fingerprint density at radius 1 is 0.632 bits per heavy atom. The molecule has 2 N–H and O–H groups in total. The third-order valence-electron chi connectivity index (χ3n) is 5.54. The second-order valence-electron chi connectivity index (χ2n) is 10.3. The lowest BCUT2D eigenvalue weighted by Gasteiger charge is -2.29. The molecule has 0 aliphatic heterocycles. The lowest BCUT2D eigenvalue weighted by Crippen LogP contribution is -2.42. The molecule has 12 nitrogen and oxygen atoms in total. The highest BCUT2D eigenvalue weighted by Crippen LogP contribution is 2.23. The average Bonchev–Trinajstić information content (AvgIpc) is 2.74. The van der Waals surface area contributed by atoms with Gasteiger partial charge in [0.15, 0.2) is 0 Å². The van der Waals surface area contributed by atoms with Crippen LogP contribution in [-0.4, -0.2) is 137 Å². The zero-order chi connectivity index (χ0) is 29.3. The summed E-state index contributed by atoms with van der Waals surface area (Å²) >= 11 is 0. The van der Waals surface area contributed by atoms with Gasteiger partial charge in [-0.15, -0.1) is 0 Å². The van der Waals surface area contributed by atoms with Crippen molar-refractivity contribution in [3.05, 3.63) is 0 Å². The number of hydrogen-bond donors (Lipinski definition) is 2. The first-order valence-corrected chi connectivity index (χ1v) is 18.2. The van der Waals surface area contributed by atoms with Crippen LogP contribution in [0.25, 0.3) is 0 Å². The molecule has 0 saturated heterocycles. The molecule has 0 aromatic heterocycles. The molecule has 38 heavy (non-hydrogen) atoms. The van der Waals surface area contributed by atoms with Gasteiger partial charge in [-0.2, -0.15) is 16.8 Å². The van der Waals surface area contributed by atoms with Gasteiger partial charge in [0.2, 0.25) is 0 Å². The highest BCUT2D eigenvalue weighted by molar-refractivity contribution is 8.76. The van der Waals surface area contributed by atoms with Crippen molar-refractivity contribution in [1.82, 2.24) is 0 Å². The van der Waals surface area contributed by atoms with Crippen molar-refractivity contribution < 1.29 is 54.0 Å². The van der Waals surface area contributed by atoms with Crippen molar-refractivity contribution in [2.75, 3.05) is 90.6 Å². The number of nitrogens with zero attached hydrogens (tertiary/aromatic N) is 2.